The zero-order chi connectivity index (χ0) is 17.0. The maximum Gasteiger partial charge on any atom is 0.257 e. The van der Waals surface area contributed by atoms with Gasteiger partial charge in [0, 0.05) is 12.3 Å². The summed E-state index contributed by atoms with van der Waals surface area (Å²) in [5.41, 5.74) is -0.824. The molecule has 0 aromatic heterocycles. The van der Waals surface area contributed by atoms with E-state index >= 15 is 0 Å². The summed E-state index contributed by atoms with van der Waals surface area (Å²) in [7, 11) is -3.87. The normalized spacial score (nSPS) is 17.3. The Bertz CT molecular complexity index is 681. The van der Waals surface area contributed by atoms with E-state index in [2.05, 4.69) is 5.32 Å². The van der Waals surface area contributed by atoms with Crippen molar-refractivity contribution in [2.45, 2.75) is 55.9 Å². The van der Waals surface area contributed by atoms with E-state index in [4.69, 9.17) is 0 Å². The molecule has 1 aliphatic carbocycles. The summed E-state index contributed by atoms with van der Waals surface area (Å²) in [6, 6.07) is 1.52. The fourth-order valence-corrected chi connectivity index (χ4v) is 3.63. The van der Waals surface area contributed by atoms with Crippen molar-refractivity contribution in [3.8, 4) is 0 Å². The molecule has 1 fully saturated rings. The molecule has 0 aliphatic heterocycles. The van der Waals surface area contributed by atoms with Crippen LogP contribution in [0.15, 0.2) is 17.0 Å². The van der Waals surface area contributed by atoms with Gasteiger partial charge in [0.1, 0.15) is 16.3 Å². The molecule has 0 bridgehead atoms. The van der Waals surface area contributed by atoms with E-state index in [1.165, 1.54) is 6.42 Å². The van der Waals surface area contributed by atoms with Crippen molar-refractivity contribution in [2.24, 2.45) is 0 Å². The molecule has 0 spiro atoms. The van der Waals surface area contributed by atoms with Crippen molar-refractivity contribution in [1.29, 1.82) is 0 Å². The van der Waals surface area contributed by atoms with Crippen LogP contribution in [0, 0.1) is 11.6 Å². The van der Waals surface area contributed by atoms with Gasteiger partial charge in [0.15, 0.2) is 15.7 Å². The molecule has 2 rings (SSSR count). The second kappa shape index (κ2) is 7.38. The lowest BCUT2D eigenvalue weighted by atomic mass is 9.96. The third kappa shape index (κ3) is 4.50. The number of carbonyl (C=O) groups excluding carboxylic acids is 1. The quantitative estimate of drug-likeness (QED) is 0.856. The Morgan fingerprint density at radius 2 is 1.65 bits per heavy atom. The van der Waals surface area contributed by atoms with Crippen LogP contribution >= 0.6 is 0 Å². The Morgan fingerprint density at radius 3 is 2.22 bits per heavy atom. The van der Waals surface area contributed by atoms with E-state index in [1.54, 1.807) is 0 Å². The molecular formula is C16H21F2NO3S. The van der Waals surface area contributed by atoms with Crippen LogP contribution in [0.1, 0.15) is 55.3 Å². The number of carbonyl (C=O) groups is 1. The minimum Gasteiger partial charge on any atom is -0.349 e. The zero-order valence-corrected chi connectivity index (χ0v) is 13.9. The summed E-state index contributed by atoms with van der Waals surface area (Å²) >= 11 is 0. The third-order valence-corrected chi connectivity index (χ3v) is 5.24. The molecule has 1 aromatic rings. The Hall–Kier alpha value is -1.50. The van der Waals surface area contributed by atoms with Crippen LogP contribution in [-0.2, 0) is 9.84 Å². The lowest BCUT2D eigenvalue weighted by Crippen LogP contribution is -2.36. The number of nitrogens with one attached hydrogen (secondary N) is 1. The minimum absolute atomic E-state index is 0.136. The van der Waals surface area contributed by atoms with Crippen molar-refractivity contribution in [1.82, 2.24) is 5.32 Å². The van der Waals surface area contributed by atoms with Crippen molar-refractivity contribution >= 4 is 15.7 Å². The molecule has 1 amide bonds. The fourth-order valence-electron chi connectivity index (χ4n) is 2.89. The molecule has 0 atom stereocenters. The molecule has 0 unspecified atom stereocenters. The zero-order valence-electron chi connectivity index (χ0n) is 13.1. The Labute approximate surface area is 135 Å². The topological polar surface area (TPSA) is 63.2 Å². The van der Waals surface area contributed by atoms with Crippen LogP contribution in [-0.4, -0.2) is 26.6 Å². The van der Waals surface area contributed by atoms with Crippen LogP contribution in [0.3, 0.4) is 0 Å². The number of halogens is 2. The highest BCUT2D eigenvalue weighted by molar-refractivity contribution is 7.90. The maximum absolute atomic E-state index is 14.3. The van der Waals surface area contributed by atoms with Crippen LogP contribution in [0.4, 0.5) is 8.78 Å². The molecule has 0 heterocycles. The van der Waals surface area contributed by atoms with Crippen molar-refractivity contribution in [3.63, 3.8) is 0 Å². The van der Waals surface area contributed by atoms with Gasteiger partial charge >= 0.3 is 0 Å². The Morgan fingerprint density at radius 1 is 1.09 bits per heavy atom. The SMILES string of the molecule is CS(=O)(=O)c1ccc(F)c(C(=O)NC2CCCCCCC2)c1F. The van der Waals surface area contributed by atoms with E-state index < -0.39 is 37.8 Å². The first-order valence-electron chi connectivity index (χ1n) is 7.79. The largest absolute Gasteiger partial charge is 0.349 e. The number of hydrogen-bond donors (Lipinski definition) is 1. The van der Waals surface area contributed by atoms with E-state index in [0.717, 1.165) is 56.9 Å². The molecule has 7 heteroatoms. The molecule has 0 saturated heterocycles. The number of benzene rings is 1. The Balaban J connectivity index is 2.24. The summed E-state index contributed by atoms with van der Waals surface area (Å²) in [6.45, 7) is 0. The Kier molecular flexibility index (Phi) is 5.73. The third-order valence-electron chi connectivity index (χ3n) is 4.12. The molecule has 1 aromatic carbocycles. The fraction of sp³-hybridized carbons (Fsp3) is 0.562. The van der Waals surface area contributed by atoms with Gasteiger partial charge in [-0.1, -0.05) is 32.1 Å². The molecular weight excluding hydrogens is 324 g/mol. The smallest absolute Gasteiger partial charge is 0.257 e. The van der Waals surface area contributed by atoms with Gasteiger partial charge in [0.05, 0.1) is 0 Å². The lowest BCUT2D eigenvalue weighted by Gasteiger charge is -2.21. The average molecular weight is 345 g/mol. The predicted molar refractivity (Wildman–Crippen MR) is 83.0 cm³/mol. The number of sulfone groups is 1. The average Bonchev–Trinajstić information content (AvgIpc) is 2.40. The molecule has 1 N–H and O–H groups in total. The molecule has 0 radical (unpaired) electrons. The molecule has 23 heavy (non-hydrogen) atoms. The van der Waals surface area contributed by atoms with Crippen LogP contribution in [0.5, 0.6) is 0 Å². The summed E-state index contributed by atoms with van der Waals surface area (Å²) < 4.78 is 51.2. The highest BCUT2D eigenvalue weighted by atomic mass is 32.2. The lowest BCUT2D eigenvalue weighted by molar-refractivity contribution is 0.0921. The van der Waals surface area contributed by atoms with Crippen LogP contribution in [0.2, 0.25) is 0 Å². The molecule has 128 valence electrons. The second-order valence-electron chi connectivity index (χ2n) is 6.02. The van der Waals surface area contributed by atoms with Crippen molar-refractivity contribution in [2.75, 3.05) is 6.26 Å². The first-order chi connectivity index (χ1) is 10.8. The van der Waals surface area contributed by atoms with Gasteiger partial charge in [-0.25, -0.2) is 17.2 Å². The van der Waals surface area contributed by atoms with Gasteiger partial charge in [-0.05, 0) is 25.0 Å². The van der Waals surface area contributed by atoms with E-state index in [-0.39, 0.29) is 6.04 Å². The number of rotatable bonds is 3. The molecule has 1 saturated carbocycles. The van der Waals surface area contributed by atoms with Crippen molar-refractivity contribution in [3.05, 3.63) is 29.3 Å². The standard InChI is InChI=1S/C16H21F2NO3S/c1-23(21,22)13-10-9-12(17)14(15(13)18)16(20)19-11-7-5-3-2-4-6-8-11/h9-11H,2-8H2,1H3,(H,19,20). The predicted octanol–water partition coefficient (Wildman–Crippen LogP) is 3.21. The summed E-state index contributed by atoms with van der Waals surface area (Å²) in [4.78, 5) is 11.6. The van der Waals surface area contributed by atoms with E-state index in [0.29, 0.717) is 0 Å². The van der Waals surface area contributed by atoms with Gasteiger partial charge in [-0.15, -0.1) is 0 Å². The van der Waals surface area contributed by atoms with E-state index in [9.17, 15) is 22.0 Å². The maximum atomic E-state index is 14.3. The summed E-state index contributed by atoms with van der Waals surface area (Å²) in [5, 5.41) is 2.65. The van der Waals surface area contributed by atoms with Gasteiger partial charge in [-0.3, -0.25) is 4.79 Å². The minimum atomic E-state index is -3.87. The molecule has 1 aliphatic rings. The van der Waals surface area contributed by atoms with Crippen molar-refractivity contribution < 1.29 is 22.0 Å². The van der Waals surface area contributed by atoms with Crippen LogP contribution < -0.4 is 5.32 Å². The molecule has 4 nitrogen and oxygen atoms in total. The highest BCUT2D eigenvalue weighted by Crippen LogP contribution is 2.22. The highest BCUT2D eigenvalue weighted by Gasteiger charge is 2.26. The monoisotopic (exact) mass is 345 g/mol. The van der Waals surface area contributed by atoms with Gasteiger partial charge in [-0.2, -0.15) is 0 Å². The second-order valence-corrected chi connectivity index (χ2v) is 8.01. The van der Waals surface area contributed by atoms with Crippen LogP contribution in [0.25, 0.3) is 0 Å². The first kappa shape index (κ1) is 17.8. The number of amides is 1. The van der Waals surface area contributed by atoms with Gasteiger partial charge in [0.25, 0.3) is 5.91 Å². The summed E-state index contributed by atoms with van der Waals surface area (Å²) in [5.74, 6) is -3.27. The number of hydrogen-bond acceptors (Lipinski definition) is 3. The van der Waals surface area contributed by atoms with E-state index in [1.807, 2.05) is 0 Å². The van der Waals surface area contributed by atoms with Gasteiger partial charge < -0.3 is 5.32 Å². The van der Waals surface area contributed by atoms with Gasteiger partial charge in [0.2, 0.25) is 0 Å². The summed E-state index contributed by atoms with van der Waals surface area (Å²) in [6.07, 6.45) is 7.59. The first-order valence-corrected chi connectivity index (χ1v) is 9.69.